The van der Waals surface area contributed by atoms with Crippen LogP contribution < -0.4 is 0 Å². The molecule has 0 spiro atoms. The molecule has 0 amide bonds. The maximum absolute atomic E-state index is 4.60. The standard InChI is InChI=1S/C15H10N3.C11H8N.Ir/c1-10-9-18-13-7-3-2-5-11(13)14-12(15(18)17-10)6-4-8-16-14;1-2-6-10(7-3-1)11-8-4-5-9-12-11;/h2-4,6-9H,1H3;1-6,8-9H;/q2*-1;. The normalized spacial score (nSPS) is 10.5. The first kappa shape index (κ1) is 20.9. The predicted molar refractivity (Wildman–Crippen MR) is 120 cm³/mol. The molecule has 153 valence electrons. The van der Waals surface area contributed by atoms with Crippen LogP contribution >= 0.6 is 0 Å². The summed E-state index contributed by atoms with van der Waals surface area (Å²) in [4.78, 5) is 13.3. The SMILES string of the molecule is Cc1cn2c3ccc[c-]c3c3ncccc3c2n1.[Ir].[c-]1ccccc1-c1ccccn1. The van der Waals surface area contributed by atoms with E-state index in [1.807, 2.05) is 73.8 Å². The van der Waals surface area contributed by atoms with Crippen molar-refractivity contribution in [2.24, 2.45) is 0 Å². The van der Waals surface area contributed by atoms with Gasteiger partial charge in [0.2, 0.25) is 0 Å². The van der Waals surface area contributed by atoms with Crippen molar-refractivity contribution in [2.45, 2.75) is 6.92 Å². The van der Waals surface area contributed by atoms with E-state index in [0.717, 1.165) is 44.4 Å². The summed E-state index contributed by atoms with van der Waals surface area (Å²) >= 11 is 0. The molecule has 4 aromatic heterocycles. The van der Waals surface area contributed by atoms with Crippen molar-refractivity contribution < 1.29 is 20.1 Å². The van der Waals surface area contributed by atoms with Crippen LogP contribution in [0.1, 0.15) is 5.69 Å². The zero-order chi connectivity index (χ0) is 20.3. The zero-order valence-electron chi connectivity index (χ0n) is 16.8. The second-order valence-corrected chi connectivity index (χ2v) is 6.90. The van der Waals surface area contributed by atoms with Gasteiger partial charge in [0.1, 0.15) is 5.65 Å². The van der Waals surface area contributed by atoms with E-state index in [1.54, 1.807) is 6.20 Å². The largest absolute Gasteiger partial charge is 0.341 e. The van der Waals surface area contributed by atoms with E-state index in [0.29, 0.717) is 0 Å². The zero-order valence-corrected chi connectivity index (χ0v) is 19.2. The summed E-state index contributed by atoms with van der Waals surface area (Å²) < 4.78 is 2.12. The second kappa shape index (κ2) is 9.17. The van der Waals surface area contributed by atoms with Crippen molar-refractivity contribution in [2.75, 3.05) is 0 Å². The Balaban J connectivity index is 0.000000156. The Kier molecular flexibility index (Phi) is 6.17. The van der Waals surface area contributed by atoms with Crippen LogP contribution in [0.4, 0.5) is 0 Å². The van der Waals surface area contributed by atoms with Crippen molar-refractivity contribution in [1.29, 1.82) is 0 Å². The summed E-state index contributed by atoms with van der Waals surface area (Å²) in [6.45, 7) is 2.01. The number of imidazole rings is 1. The average molecular weight is 579 g/mol. The second-order valence-electron chi connectivity index (χ2n) is 6.90. The summed E-state index contributed by atoms with van der Waals surface area (Å²) in [5, 5.41) is 2.11. The van der Waals surface area contributed by atoms with E-state index < -0.39 is 0 Å². The van der Waals surface area contributed by atoms with Crippen molar-refractivity contribution in [3.8, 4) is 11.3 Å². The summed E-state index contributed by atoms with van der Waals surface area (Å²) in [5.74, 6) is 0. The molecule has 0 aliphatic heterocycles. The minimum Gasteiger partial charge on any atom is -0.341 e. The Hall–Kier alpha value is -3.40. The maximum Gasteiger partial charge on any atom is 0.129 e. The van der Waals surface area contributed by atoms with Gasteiger partial charge in [0.25, 0.3) is 0 Å². The van der Waals surface area contributed by atoms with E-state index in [9.17, 15) is 0 Å². The van der Waals surface area contributed by atoms with E-state index >= 15 is 0 Å². The third kappa shape index (κ3) is 4.11. The van der Waals surface area contributed by atoms with E-state index in [2.05, 4.69) is 49.8 Å². The quantitative estimate of drug-likeness (QED) is 0.186. The van der Waals surface area contributed by atoms with Crippen LogP contribution in [0.2, 0.25) is 0 Å². The smallest absolute Gasteiger partial charge is 0.129 e. The van der Waals surface area contributed by atoms with Gasteiger partial charge in [-0.3, -0.25) is 0 Å². The number of rotatable bonds is 1. The minimum absolute atomic E-state index is 0. The molecular weight excluding hydrogens is 561 g/mol. The molecule has 0 atom stereocenters. The molecule has 0 aliphatic rings. The van der Waals surface area contributed by atoms with Gasteiger partial charge in [0.05, 0.1) is 5.69 Å². The molecule has 2 aromatic carbocycles. The van der Waals surface area contributed by atoms with Crippen molar-refractivity contribution >= 4 is 27.5 Å². The number of hydrogen-bond donors (Lipinski definition) is 0. The van der Waals surface area contributed by atoms with Gasteiger partial charge in [-0.15, -0.1) is 65.5 Å². The molecule has 1 radical (unpaired) electrons. The molecule has 0 fully saturated rings. The van der Waals surface area contributed by atoms with Crippen LogP contribution in [0.15, 0.2) is 91.4 Å². The van der Waals surface area contributed by atoms with Crippen LogP contribution in [0.25, 0.3) is 38.7 Å². The predicted octanol–water partition coefficient (Wildman–Crippen LogP) is 5.69. The van der Waals surface area contributed by atoms with Crippen LogP contribution in [0, 0.1) is 19.1 Å². The third-order valence-electron chi connectivity index (χ3n) is 4.86. The van der Waals surface area contributed by atoms with E-state index in [-0.39, 0.29) is 20.1 Å². The van der Waals surface area contributed by atoms with Gasteiger partial charge in [0.15, 0.2) is 0 Å². The van der Waals surface area contributed by atoms with Crippen molar-refractivity contribution in [3.63, 3.8) is 0 Å². The monoisotopic (exact) mass is 579 g/mol. The van der Waals surface area contributed by atoms with Gasteiger partial charge in [0, 0.05) is 49.6 Å². The first-order chi connectivity index (χ1) is 14.8. The molecule has 0 saturated carbocycles. The number of aryl methyl sites for hydroxylation is 1. The molecule has 4 heterocycles. The number of aromatic nitrogens is 4. The van der Waals surface area contributed by atoms with Gasteiger partial charge in [-0.05, 0) is 30.3 Å². The summed E-state index contributed by atoms with van der Waals surface area (Å²) in [7, 11) is 0. The van der Waals surface area contributed by atoms with E-state index in [1.165, 1.54) is 0 Å². The Morgan fingerprint density at radius 3 is 2.45 bits per heavy atom. The molecule has 31 heavy (non-hydrogen) atoms. The molecule has 5 heteroatoms. The van der Waals surface area contributed by atoms with Crippen LogP contribution in [0.3, 0.4) is 0 Å². The fourth-order valence-electron chi connectivity index (χ4n) is 3.55. The number of benzene rings is 2. The molecule has 6 rings (SSSR count). The number of pyridine rings is 3. The van der Waals surface area contributed by atoms with E-state index in [4.69, 9.17) is 0 Å². The third-order valence-corrected chi connectivity index (χ3v) is 4.86. The molecular formula is C26H18IrN4-2. The molecule has 6 aromatic rings. The Bertz CT molecular complexity index is 1330. The molecule has 0 bridgehead atoms. The molecule has 0 unspecified atom stereocenters. The number of nitrogens with zero attached hydrogens (tertiary/aromatic N) is 4. The number of fused-ring (bicyclic) bond motifs is 6. The molecule has 0 N–H and O–H groups in total. The first-order valence-electron chi connectivity index (χ1n) is 9.72. The summed E-state index contributed by atoms with van der Waals surface area (Å²) in [6.07, 6.45) is 5.66. The summed E-state index contributed by atoms with van der Waals surface area (Å²) in [5.41, 5.74) is 6.04. The van der Waals surface area contributed by atoms with Crippen LogP contribution in [-0.4, -0.2) is 19.4 Å². The molecule has 4 nitrogen and oxygen atoms in total. The molecule has 0 saturated heterocycles. The van der Waals surface area contributed by atoms with Gasteiger partial charge >= 0.3 is 0 Å². The topological polar surface area (TPSA) is 43.1 Å². The maximum atomic E-state index is 4.60. The Labute approximate surface area is 194 Å². The van der Waals surface area contributed by atoms with Gasteiger partial charge in [-0.25, -0.2) is 4.98 Å². The van der Waals surface area contributed by atoms with Crippen molar-refractivity contribution in [3.05, 3.63) is 109 Å². The Morgan fingerprint density at radius 1 is 0.806 bits per heavy atom. The van der Waals surface area contributed by atoms with Gasteiger partial charge in [-0.1, -0.05) is 18.2 Å². The summed E-state index contributed by atoms with van der Waals surface area (Å²) in [6, 6.07) is 30.1. The van der Waals surface area contributed by atoms with Crippen LogP contribution in [0.5, 0.6) is 0 Å². The number of hydrogen-bond acceptors (Lipinski definition) is 3. The average Bonchev–Trinajstić information content (AvgIpc) is 3.23. The van der Waals surface area contributed by atoms with Crippen LogP contribution in [-0.2, 0) is 20.1 Å². The fourth-order valence-corrected chi connectivity index (χ4v) is 3.55. The molecule has 0 aliphatic carbocycles. The first-order valence-corrected chi connectivity index (χ1v) is 9.72. The van der Waals surface area contributed by atoms with Gasteiger partial charge < -0.3 is 14.4 Å². The van der Waals surface area contributed by atoms with Crippen molar-refractivity contribution in [1.82, 2.24) is 19.4 Å². The van der Waals surface area contributed by atoms with Gasteiger partial charge in [-0.2, -0.15) is 0 Å². The minimum atomic E-state index is 0. The fraction of sp³-hybridized carbons (Fsp3) is 0.0385. The Morgan fingerprint density at radius 2 is 1.65 bits per heavy atom.